The normalized spacial score (nSPS) is 11.6. The van der Waals surface area contributed by atoms with Gasteiger partial charge in [-0.3, -0.25) is 0 Å². The van der Waals surface area contributed by atoms with Crippen LogP contribution >= 0.6 is 11.3 Å². The van der Waals surface area contributed by atoms with Crippen LogP contribution in [0.4, 0.5) is 17.1 Å². The Morgan fingerprint density at radius 3 is 1.82 bits per heavy atom. The van der Waals surface area contributed by atoms with Crippen molar-refractivity contribution in [3.05, 3.63) is 200 Å². The van der Waals surface area contributed by atoms with Crippen LogP contribution in [0.25, 0.3) is 86.3 Å². The molecule has 2 nitrogen and oxygen atoms in total. The van der Waals surface area contributed by atoms with Crippen molar-refractivity contribution < 1.29 is 4.42 Å². The second-order valence-corrected chi connectivity index (χ2v) is 15.1. The first-order valence-corrected chi connectivity index (χ1v) is 19.5. The number of fused-ring (bicyclic) bond motifs is 7. The highest BCUT2D eigenvalue weighted by atomic mass is 32.1. The average molecular weight is 720 g/mol. The van der Waals surface area contributed by atoms with Crippen molar-refractivity contribution in [2.75, 3.05) is 4.90 Å². The van der Waals surface area contributed by atoms with Crippen molar-refractivity contribution in [3.8, 4) is 33.4 Å². The van der Waals surface area contributed by atoms with Crippen molar-refractivity contribution >= 4 is 81.3 Å². The average Bonchev–Trinajstić information content (AvgIpc) is 3.84. The first-order valence-electron chi connectivity index (χ1n) is 18.7. The van der Waals surface area contributed by atoms with E-state index in [1.54, 1.807) is 0 Å². The lowest BCUT2D eigenvalue weighted by atomic mass is 9.96. The molecule has 0 fully saturated rings. The number of para-hydroxylation sites is 1. The Bertz CT molecular complexity index is 3190. The Kier molecular flexibility index (Phi) is 7.39. The molecule has 0 saturated carbocycles. The Balaban J connectivity index is 1.16. The van der Waals surface area contributed by atoms with Gasteiger partial charge in [0.2, 0.25) is 0 Å². The third-order valence-electron chi connectivity index (χ3n) is 10.8. The first kappa shape index (κ1) is 31.6. The molecule has 0 N–H and O–H groups in total. The summed E-state index contributed by atoms with van der Waals surface area (Å²) >= 11 is 1.84. The minimum absolute atomic E-state index is 0.858. The monoisotopic (exact) mass is 719 g/mol. The fourth-order valence-electron chi connectivity index (χ4n) is 8.18. The molecule has 2 heterocycles. The summed E-state index contributed by atoms with van der Waals surface area (Å²) in [4.78, 5) is 2.40. The van der Waals surface area contributed by atoms with Crippen LogP contribution in [-0.4, -0.2) is 0 Å². The molecular formula is C52H33NOS. The zero-order valence-corrected chi connectivity index (χ0v) is 30.6. The lowest BCUT2D eigenvalue weighted by Crippen LogP contribution is -2.10. The number of benzene rings is 9. The fraction of sp³-hybridized carbons (Fsp3) is 0. The van der Waals surface area contributed by atoms with E-state index in [4.69, 9.17) is 4.42 Å². The smallest absolute Gasteiger partial charge is 0.159 e. The zero-order valence-electron chi connectivity index (χ0n) is 29.8. The van der Waals surface area contributed by atoms with Gasteiger partial charge in [0.25, 0.3) is 0 Å². The lowest BCUT2D eigenvalue weighted by molar-refractivity contribution is 0.670. The molecule has 0 saturated heterocycles. The number of thiophene rings is 1. The van der Waals surface area contributed by atoms with Crippen molar-refractivity contribution in [2.24, 2.45) is 0 Å². The van der Waals surface area contributed by atoms with Crippen LogP contribution in [0, 0.1) is 0 Å². The molecular weight excluding hydrogens is 687 g/mol. The molecule has 2 aromatic heterocycles. The predicted octanol–water partition coefficient (Wildman–Crippen LogP) is 15.6. The standard InChI is InChI=1S/C52H33NOS/c1-3-13-34(14-4-1)40-32-45(37-16-5-2-6-17-37)50-46(33-40)43-20-11-22-47(51(43)54-50)53(48-23-12-21-44-42-19-9-10-24-49(42)55-52(44)48)41-29-27-36(28-30-41)39-26-25-35-15-7-8-18-38(35)31-39/h1-33H. The van der Waals surface area contributed by atoms with Gasteiger partial charge in [-0.05, 0) is 87.1 Å². The van der Waals surface area contributed by atoms with Crippen molar-refractivity contribution in [3.63, 3.8) is 0 Å². The van der Waals surface area contributed by atoms with Gasteiger partial charge in [0, 0.05) is 37.5 Å². The van der Waals surface area contributed by atoms with Crippen LogP contribution in [0.15, 0.2) is 205 Å². The van der Waals surface area contributed by atoms with E-state index in [2.05, 4.69) is 205 Å². The number of furan rings is 1. The molecule has 55 heavy (non-hydrogen) atoms. The molecule has 3 heteroatoms. The van der Waals surface area contributed by atoms with Crippen molar-refractivity contribution in [2.45, 2.75) is 0 Å². The maximum Gasteiger partial charge on any atom is 0.159 e. The van der Waals surface area contributed by atoms with Crippen molar-refractivity contribution in [1.82, 2.24) is 0 Å². The Morgan fingerprint density at radius 2 is 1.00 bits per heavy atom. The second kappa shape index (κ2) is 12.9. The van der Waals surface area contributed by atoms with Gasteiger partial charge in [0.05, 0.1) is 16.1 Å². The fourth-order valence-corrected chi connectivity index (χ4v) is 9.39. The molecule has 0 aliphatic carbocycles. The van der Waals surface area contributed by atoms with Crippen LogP contribution in [0.1, 0.15) is 0 Å². The van der Waals surface area contributed by atoms with E-state index in [-0.39, 0.29) is 0 Å². The topological polar surface area (TPSA) is 16.4 Å². The Morgan fingerprint density at radius 1 is 0.364 bits per heavy atom. The second-order valence-electron chi connectivity index (χ2n) is 14.1. The van der Waals surface area contributed by atoms with Crippen LogP contribution < -0.4 is 4.90 Å². The Hall–Kier alpha value is -6.94. The molecule has 258 valence electrons. The minimum atomic E-state index is 0.858. The summed E-state index contributed by atoms with van der Waals surface area (Å²) in [5, 5.41) is 7.21. The number of anilines is 3. The van der Waals surface area contributed by atoms with Crippen LogP contribution in [-0.2, 0) is 0 Å². The van der Waals surface area contributed by atoms with E-state index in [0.29, 0.717) is 0 Å². The lowest BCUT2D eigenvalue weighted by Gasteiger charge is -2.26. The highest BCUT2D eigenvalue weighted by Gasteiger charge is 2.24. The third-order valence-corrected chi connectivity index (χ3v) is 12.1. The van der Waals surface area contributed by atoms with Gasteiger partial charge in [-0.25, -0.2) is 0 Å². The quantitative estimate of drug-likeness (QED) is 0.170. The molecule has 0 bridgehead atoms. The van der Waals surface area contributed by atoms with Gasteiger partial charge in [0.15, 0.2) is 5.58 Å². The number of nitrogens with zero attached hydrogens (tertiary/aromatic N) is 1. The van der Waals surface area contributed by atoms with Crippen LogP contribution in [0.5, 0.6) is 0 Å². The van der Waals surface area contributed by atoms with Crippen LogP contribution in [0.3, 0.4) is 0 Å². The predicted molar refractivity (Wildman–Crippen MR) is 235 cm³/mol. The van der Waals surface area contributed by atoms with Crippen LogP contribution in [0.2, 0.25) is 0 Å². The van der Waals surface area contributed by atoms with Gasteiger partial charge < -0.3 is 9.32 Å². The molecule has 0 aliphatic rings. The molecule has 0 aliphatic heterocycles. The van der Waals surface area contributed by atoms with Gasteiger partial charge in [0.1, 0.15) is 5.58 Å². The highest BCUT2D eigenvalue weighted by Crippen LogP contribution is 2.49. The molecule has 0 amide bonds. The van der Waals surface area contributed by atoms with E-state index in [9.17, 15) is 0 Å². The van der Waals surface area contributed by atoms with Gasteiger partial charge in [-0.2, -0.15) is 0 Å². The van der Waals surface area contributed by atoms with Gasteiger partial charge >= 0.3 is 0 Å². The van der Waals surface area contributed by atoms with E-state index >= 15 is 0 Å². The van der Waals surface area contributed by atoms with Crippen molar-refractivity contribution in [1.29, 1.82) is 0 Å². The summed E-state index contributed by atoms with van der Waals surface area (Å²) in [5.74, 6) is 0. The number of rotatable bonds is 6. The maximum absolute atomic E-state index is 7.15. The number of hydrogen-bond acceptors (Lipinski definition) is 3. The molecule has 11 aromatic rings. The molecule has 0 atom stereocenters. The summed E-state index contributed by atoms with van der Waals surface area (Å²) in [5.41, 5.74) is 11.9. The van der Waals surface area contributed by atoms with E-state index in [1.165, 1.54) is 47.6 Å². The van der Waals surface area contributed by atoms with E-state index in [1.807, 2.05) is 11.3 Å². The SMILES string of the molecule is c1ccc(-c2cc(-c3ccccc3)c3oc4c(N(c5ccc(-c6ccc7ccccc7c6)cc5)c5cccc6c5sc5ccccc56)cccc4c3c2)cc1. The maximum atomic E-state index is 7.15. The third kappa shape index (κ3) is 5.32. The summed E-state index contributed by atoms with van der Waals surface area (Å²) in [6, 6.07) is 72.0. The summed E-state index contributed by atoms with van der Waals surface area (Å²) < 4.78 is 9.67. The molecule has 0 unspecified atom stereocenters. The molecule has 0 radical (unpaired) electrons. The molecule has 9 aromatic carbocycles. The summed E-state index contributed by atoms with van der Waals surface area (Å²) in [6.45, 7) is 0. The van der Waals surface area contributed by atoms with Gasteiger partial charge in [-0.1, -0.05) is 152 Å². The summed E-state index contributed by atoms with van der Waals surface area (Å²) in [6.07, 6.45) is 0. The van der Waals surface area contributed by atoms with Gasteiger partial charge in [-0.15, -0.1) is 11.3 Å². The largest absolute Gasteiger partial charge is 0.453 e. The highest BCUT2D eigenvalue weighted by molar-refractivity contribution is 7.26. The Labute approximate surface area is 322 Å². The molecule has 0 spiro atoms. The molecule has 11 rings (SSSR count). The summed E-state index contributed by atoms with van der Waals surface area (Å²) in [7, 11) is 0. The van der Waals surface area contributed by atoms with E-state index in [0.717, 1.165) is 55.7 Å². The minimum Gasteiger partial charge on any atom is -0.453 e. The zero-order chi connectivity index (χ0) is 36.3. The number of hydrogen-bond donors (Lipinski definition) is 0. The van der Waals surface area contributed by atoms with E-state index < -0.39 is 0 Å². The first-order chi connectivity index (χ1) is 27.3.